The number of halogens is 1. The number of nitrogens with one attached hydrogen (secondary N) is 1. The Morgan fingerprint density at radius 2 is 1.82 bits per heavy atom. The van der Waals surface area contributed by atoms with Crippen LogP contribution in [0.2, 0.25) is 0 Å². The highest BCUT2D eigenvalue weighted by Crippen LogP contribution is 2.19. The molecule has 0 bridgehead atoms. The van der Waals surface area contributed by atoms with Crippen molar-refractivity contribution in [2.45, 2.75) is 27.0 Å². The highest BCUT2D eigenvalue weighted by Gasteiger charge is 2.07. The zero-order chi connectivity index (χ0) is 23.9. The van der Waals surface area contributed by atoms with Crippen molar-refractivity contribution < 1.29 is 9.53 Å². The molecular formula is C27H25BrN4O2. The van der Waals surface area contributed by atoms with Crippen LogP contribution in [0.15, 0.2) is 88.4 Å². The summed E-state index contributed by atoms with van der Waals surface area (Å²) in [5, 5.41) is 8.61. The molecule has 172 valence electrons. The van der Waals surface area contributed by atoms with E-state index >= 15 is 0 Å². The minimum atomic E-state index is -0.276. The number of nitrogens with zero attached hydrogens (tertiary/aromatic N) is 3. The van der Waals surface area contributed by atoms with Gasteiger partial charge in [-0.15, -0.1) is 0 Å². The lowest BCUT2D eigenvalue weighted by Gasteiger charge is -2.09. The third-order valence-electron chi connectivity index (χ3n) is 5.22. The Bertz CT molecular complexity index is 1310. The summed E-state index contributed by atoms with van der Waals surface area (Å²) in [6.07, 6.45) is 1.59. The Labute approximate surface area is 207 Å². The zero-order valence-electron chi connectivity index (χ0n) is 19.0. The van der Waals surface area contributed by atoms with Crippen LogP contribution >= 0.6 is 15.9 Å². The van der Waals surface area contributed by atoms with Crippen molar-refractivity contribution in [1.29, 1.82) is 0 Å². The topological polar surface area (TPSA) is 68.5 Å². The van der Waals surface area contributed by atoms with E-state index in [2.05, 4.69) is 31.6 Å². The van der Waals surface area contributed by atoms with E-state index in [0.717, 1.165) is 32.6 Å². The van der Waals surface area contributed by atoms with Gasteiger partial charge in [0.1, 0.15) is 12.4 Å². The predicted octanol–water partition coefficient (Wildman–Crippen LogP) is 5.65. The van der Waals surface area contributed by atoms with Crippen LogP contribution < -0.4 is 10.2 Å². The zero-order valence-corrected chi connectivity index (χ0v) is 20.6. The molecule has 0 radical (unpaired) electrons. The summed E-state index contributed by atoms with van der Waals surface area (Å²) < 4.78 is 8.91. The van der Waals surface area contributed by atoms with E-state index in [1.54, 1.807) is 18.3 Å². The summed E-state index contributed by atoms with van der Waals surface area (Å²) in [6, 6.07) is 25.0. The fourth-order valence-electron chi connectivity index (χ4n) is 3.50. The number of rotatable bonds is 8. The summed E-state index contributed by atoms with van der Waals surface area (Å²) in [5.74, 6) is 0.412. The Kier molecular flexibility index (Phi) is 7.54. The SMILES string of the molecule is Cc1cc(C)n(Cc2ccc(C(=O)NN=Cc3ccccc3OCc3cccc(Br)c3)cc2)n1. The first-order chi connectivity index (χ1) is 16.5. The summed E-state index contributed by atoms with van der Waals surface area (Å²) in [6.45, 7) is 5.10. The second-order valence-corrected chi connectivity index (χ2v) is 8.85. The standard InChI is InChI=1S/C27H25BrN4O2/c1-19-14-20(2)32(31-19)17-21-10-12-23(13-11-21)27(33)30-29-16-24-7-3-4-9-26(24)34-18-22-6-5-8-25(28)15-22/h3-16H,17-18H2,1-2H3,(H,30,33). The molecule has 6 nitrogen and oxygen atoms in total. The molecule has 0 aliphatic rings. The van der Waals surface area contributed by atoms with Gasteiger partial charge < -0.3 is 4.74 Å². The number of carbonyl (C=O) groups is 1. The molecule has 0 saturated heterocycles. The molecule has 0 aliphatic carbocycles. The van der Waals surface area contributed by atoms with Gasteiger partial charge in [-0.1, -0.05) is 52.3 Å². The Morgan fingerprint density at radius 1 is 1.03 bits per heavy atom. The molecule has 4 aromatic rings. The van der Waals surface area contributed by atoms with E-state index in [4.69, 9.17) is 4.74 Å². The van der Waals surface area contributed by atoms with Crippen LogP contribution in [-0.2, 0) is 13.2 Å². The Balaban J connectivity index is 1.35. The van der Waals surface area contributed by atoms with Gasteiger partial charge >= 0.3 is 0 Å². The minimum Gasteiger partial charge on any atom is -0.488 e. The molecule has 1 amide bonds. The van der Waals surface area contributed by atoms with Crippen LogP contribution in [0.3, 0.4) is 0 Å². The molecule has 0 aliphatic heterocycles. The number of amides is 1. The van der Waals surface area contributed by atoms with Crippen molar-refractivity contribution in [1.82, 2.24) is 15.2 Å². The monoisotopic (exact) mass is 516 g/mol. The third-order valence-corrected chi connectivity index (χ3v) is 5.72. The number of aromatic nitrogens is 2. The minimum absolute atomic E-state index is 0.276. The smallest absolute Gasteiger partial charge is 0.271 e. The number of ether oxygens (including phenoxy) is 1. The number of hydrogen-bond donors (Lipinski definition) is 1. The van der Waals surface area contributed by atoms with Gasteiger partial charge in [-0.2, -0.15) is 10.2 Å². The van der Waals surface area contributed by atoms with Crippen LogP contribution in [0.25, 0.3) is 0 Å². The molecule has 0 unspecified atom stereocenters. The Morgan fingerprint density at radius 3 is 2.56 bits per heavy atom. The van der Waals surface area contributed by atoms with E-state index in [0.29, 0.717) is 24.5 Å². The fraction of sp³-hybridized carbons (Fsp3) is 0.148. The largest absolute Gasteiger partial charge is 0.488 e. The molecule has 1 aromatic heterocycles. The van der Waals surface area contributed by atoms with Crippen LogP contribution in [0, 0.1) is 13.8 Å². The maximum Gasteiger partial charge on any atom is 0.271 e. The van der Waals surface area contributed by atoms with E-state index in [9.17, 15) is 4.79 Å². The van der Waals surface area contributed by atoms with E-state index in [1.807, 2.05) is 85.3 Å². The normalized spacial score (nSPS) is 11.0. The van der Waals surface area contributed by atoms with Crippen molar-refractivity contribution >= 4 is 28.1 Å². The molecule has 0 fully saturated rings. The first-order valence-corrected chi connectivity index (χ1v) is 11.7. The molecule has 4 rings (SSSR count). The predicted molar refractivity (Wildman–Crippen MR) is 137 cm³/mol. The Hall–Kier alpha value is -3.71. The molecule has 0 atom stereocenters. The van der Waals surface area contributed by atoms with Gasteiger partial charge in [0, 0.05) is 21.3 Å². The summed E-state index contributed by atoms with van der Waals surface area (Å²) in [4.78, 5) is 12.5. The van der Waals surface area contributed by atoms with E-state index in [-0.39, 0.29) is 5.91 Å². The second kappa shape index (κ2) is 10.9. The quantitative estimate of drug-likeness (QED) is 0.243. The van der Waals surface area contributed by atoms with Gasteiger partial charge in [-0.05, 0) is 67.4 Å². The number of hydrazone groups is 1. The lowest BCUT2D eigenvalue weighted by Crippen LogP contribution is -2.17. The number of benzene rings is 3. The maximum atomic E-state index is 12.5. The molecule has 3 aromatic carbocycles. The van der Waals surface area contributed by atoms with Crippen LogP contribution in [0.1, 0.15) is 38.4 Å². The molecule has 34 heavy (non-hydrogen) atoms. The van der Waals surface area contributed by atoms with Gasteiger partial charge in [0.25, 0.3) is 5.91 Å². The van der Waals surface area contributed by atoms with Crippen molar-refractivity contribution in [3.8, 4) is 5.75 Å². The summed E-state index contributed by atoms with van der Waals surface area (Å²) in [7, 11) is 0. The average Bonchev–Trinajstić information content (AvgIpc) is 3.15. The highest BCUT2D eigenvalue weighted by atomic mass is 79.9. The lowest BCUT2D eigenvalue weighted by molar-refractivity contribution is 0.0955. The third kappa shape index (κ3) is 6.20. The van der Waals surface area contributed by atoms with Gasteiger partial charge in [0.05, 0.1) is 18.5 Å². The highest BCUT2D eigenvalue weighted by molar-refractivity contribution is 9.10. The first kappa shape index (κ1) is 23.4. The molecule has 0 saturated carbocycles. The van der Waals surface area contributed by atoms with E-state index in [1.165, 1.54) is 0 Å². The van der Waals surface area contributed by atoms with Crippen LogP contribution in [0.5, 0.6) is 5.75 Å². The molecule has 1 heterocycles. The number of aryl methyl sites for hydroxylation is 2. The van der Waals surface area contributed by atoms with Gasteiger partial charge in [-0.25, -0.2) is 5.43 Å². The van der Waals surface area contributed by atoms with Crippen LogP contribution in [0.4, 0.5) is 0 Å². The lowest BCUT2D eigenvalue weighted by atomic mass is 10.1. The molecule has 7 heteroatoms. The number of para-hydroxylation sites is 1. The van der Waals surface area contributed by atoms with Crippen LogP contribution in [-0.4, -0.2) is 21.9 Å². The number of carbonyl (C=O) groups excluding carboxylic acids is 1. The van der Waals surface area contributed by atoms with Crippen molar-refractivity contribution in [2.75, 3.05) is 0 Å². The van der Waals surface area contributed by atoms with Gasteiger partial charge in [-0.3, -0.25) is 9.48 Å². The van der Waals surface area contributed by atoms with Gasteiger partial charge in [0.15, 0.2) is 0 Å². The van der Waals surface area contributed by atoms with Gasteiger partial charge in [0.2, 0.25) is 0 Å². The van der Waals surface area contributed by atoms with Crippen molar-refractivity contribution in [3.05, 3.63) is 117 Å². The summed E-state index contributed by atoms with van der Waals surface area (Å²) in [5.41, 5.74) is 8.12. The summed E-state index contributed by atoms with van der Waals surface area (Å²) >= 11 is 3.47. The second-order valence-electron chi connectivity index (χ2n) is 7.94. The number of hydrogen-bond acceptors (Lipinski definition) is 4. The van der Waals surface area contributed by atoms with Crippen molar-refractivity contribution in [2.24, 2.45) is 5.10 Å². The van der Waals surface area contributed by atoms with Crippen molar-refractivity contribution in [3.63, 3.8) is 0 Å². The van der Waals surface area contributed by atoms with E-state index < -0.39 is 0 Å². The molecular weight excluding hydrogens is 492 g/mol. The maximum absolute atomic E-state index is 12.5. The molecule has 0 spiro atoms. The average molecular weight is 517 g/mol. The fourth-order valence-corrected chi connectivity index (χ4v) is 3.95. The molecule has 1 N–H and O–H groups in total. The first-order valence-electron chi connectivity index (χ1n) is 10.9.